The number of halogens is 4. The first-order valence-corrected chi connectivity index (χ1v) is 5.66. The lowest BCUT2D eigenvalue weighted by Crippen LogP contribution is -2.05. The second kappa shape index (κ2) is 4.19. The van der Waals surface area contributed by atoms with Crippen molar-refractivity contribution in [3.8, 4) is 10.4 Å². The van der Waals surface area contributed by atoms with E-state index in [0.717, 1.165) is 17.4 Å². The van der Waals surface area contributed by atoms with Crippen molar-refractivity contribution in [3.05, 3.63) is 35.0 Å². The Labute approximate surface area is 104 Å². The van der Waals surface area contributed by atoms with Crippen LogP contribution in [0.3, 0.4) is 0 Å². The third kappa shape index (κ3) is 2.53. The fraction of sp³-hybridized carbons (Fsp3) is 0.100. The van der Waals surface area contributed by atoms with E-state index < -0.39 is 11.7 Å². The number of hydrogen-bond acceptors (Lipinski definition) is 3. The summed E-state index contributed by atoms with van der Waals surface area (Å²) >= 11 is 6.64. The van der Waals surface area contributed by atoms with Crippen LogP contribution in [0.15, 0.2) is 24.4 Å². The van der Waals surface area contributed by atoms with Crippen molar-refractivity contribution in [2.45, 2.75) is 6.18 Å². The van der Waals surface area contributed by atoms with Crippen LogP contribution in [-0.2, 0) is 6.18 Å². The number of thiazole rings is 1. The summed E-state index contributed by atoms with van der Waals surface area (Å²) in [5, 5.41) is -0.0118. The highest BCUT2D eigenvalue weighted by atomic mass is 35.5. The first-order valence-electron chi connectivity index (χ1n) is 4.46. The summed E-state index contributed by atoms with van der Waals surface area (Å²) in [6.45, 7) is 0. The van der Waals surface area contributed by atoms with Gasteiger partial charge in [0.05, 0.1) is 15.5 Å². The number of nitrogen functional groups attached to an aromatic ring is 1. The van der Waals surface area contributed by atoms with Crippen molar-refractivity contribution >= 4 is 28.1 Å². The van der Waals surface area contributed by atoms with Gasteiger partial charge in [-0.3, -0.25) is 0 Å². The molecule has 0 unspecified atom stereocenters. The Hall–Kier alpha value is -1.27. The molecule has 0 atom stereocenters. The highest BCUT2D eigenvalue weighted by molar-refractivity contribution is 7.18. The largest absolute Gasteiger partial charge is 0.417 e. The number of benzene rings is 1. The third-order valence-electron chi connectivity index (χ3n) is 2.08. The van der Waals surface area contributed by atoms with Gasteiger partial charge in [-0.1, -0.05) is 29.0 Å². The lowest BCUT2D eigenvalue weighted by atomic mass is 10.1. The molecular weight excluding hydrogens is 273 g/mol. The maximum Gasteiger partial charge on any atom is 0.417 e. The van der Waals surface area contributed by atoms with Gasteiger partial charge in [-0.05, 0) is 17.7 Å². The molecule has 0 bridgehead atoms. The van der Waals surface area contributed by atoms with E-state index in [2.05, 4.69) is 4.98 Å². The highest BCUT2D eigenvalue weighted by Crippen LogP contribution is 2.38. The van der Waals surface area contributed by atoms with Crippen LogP contribution in [0.5, 0.6) is 0 Å². The number of rotatable bonds is 1. The zero-order chi connectivity index (χ0) is 12.6. The summed E-state index contributed by atoms with van der Waals surface area (Å²) in [7, 11) is 0. The Morgan fingerprint density at radius 1 is 1.29 bits per heavy atom. The maximum atomic E-state index is 12.6. The van der Waals surface area contributed by atoms with Crippen molar-refractivity contribution in [3.63, 3.8) is 0 Å². The van der Waals surface area contributed by atoms with Crippen molar-refractivity contribution in [1.82, 2.24) is 4.98 Å². The second-order valence-corrected chi connectivity index (χ2v) is 4.72. The maximum absolute atomic E-state index is 12.6. The average Bonchev–Trinajstić information content (AvgIpc) is 2.64. The molecule has 90 valence electrons. The molecule has 0 saturated carbocycles. The summed E-state index contributed by atoms with van der Waals surface area (Å²) in [6.07, 6.45) is -3.04. The van der Waals surface area contributed by atoms with Gasteiger partial charge in [0.1, 0.15) is 0 Å². The zero-order valence-electron chi connectivity index (χ0n) is 8.25. The number of nitrogens with two attached hydrogens (primary N) is 1. The molecule has 17 heavy (non-hydrogen) atoms. The minimum atomic E-state index is -4.47. The van der Waals surface area contributed by atoms with E-state index >= 15 is 0 Å². The van der Waals surface area contributed by atoms with E-state index in [9.17, 15) is 13.2 Å². The molecule has 0 saturated heterocycles. The molecule has 0 fully saturated rings. The van der Waals surface area contributed by atoms with Gasteiger partial charge in [0, 0.05) is 6.20 Å². The first kappa shape index (κ1) is 12.2. The van der Waals surface area contributed by atoms with Gasteiger partial charge in [0.15, 0.2) is 5.13 Å². The molecule has 2 rings (SSSR count). The SMILES string of the molecule is Nc1ncc(-c2ccc(Cl)c(C(F)(F)F)c2)s1. The Bertz CT molecular complexity index is 551. The molecule has 2 nitrogen and oxygen atoms in total. The van der Waals surface area contributed by atoms with Crippen LogP contribution in [0.4, 0.5) is 18.3 Å². The van der Waals surface area contributed by atoms with Crippen molar-refractivity contribution < 1.29 is 13.2 Å². The van der Waals surface area contributed by atoms with Gasteiger partial charge in [0.2, 0.25) is 0 Å². The number of aromatic nitrogens is 1. The van der Waals surface area contributed by atoms with Crippen LogP contribution in [0.1, 0.15) is 5.56 Å². The zero-order valence-corrected chi connectivity index (χ0v) is 9.83. The number of nitrogens with zero attached hydrogens (tertiary/aromatic N) is 1. The predicted octanol–water partition coefficient (Wildman–Crippen LogP) is 4.06. The lowest BCUT2D eigenvalue weighted by Gasteiger charge is -2.09. The van der Waals surface area contributed by atoms with Gasteiger partial charge < -0.3 is 5.73 Å². The topological polar surface area (TPSA) is 38.9 Å². The smallest absolute Gasteiger partial charge is 0.375 e. The Balaban J connectivity index is 2.51. The monoisotopic (exact) mass is 278 g/mol. The minimum Gasteiger partial charge on any atom is -0.375 e. The Morgan fingerprint density at radius 3 is 2.53 bits per heavy atom. The van der Waals surface area contributed by atoms with Crippen LogP contribution >= 0.6 is 22.9 Å². The van der Waals surface area contributed by atoms with E-state index in [1.165, 1.54) is 18.3 Å². The number of hydrogen-bond donors (Lipinski definition) is 1. The molecule has 2 N–H and O–H groups in total. The molecule has 0 aliphatic carbocycles. The molecule has 0 amide bonds. The van der Waals surface area contributed by atoms with Gasteiger partial charge in [-0.15, -0.1) is 0 Å². The molecule has 1 heterocycles. The summed E-state index contributed by atoms with van der Waals surface area (Å²) in [6, 6.07) is 3.72. The Kier molecular flexibility index (Phi) is 3.01. The van der Waals surface area contributed by atoms with Gasteiger partial charge in [0.25, 0.3) is 0 Å². The fourth-order valence-corrected chi connectivity index (χ4v) is 2.22. The van der Waals surface area contributed by atoms with Gasteiger partial charge in [-0.2, -0.15) is 13.2 Å². The van der Waals surface area contributed by atoms with E-state index in [-0.39, 0.29) is 5.02 Å². The predicted molar refractivity (Wildman–Crippen MR) is 62.0 cm³/mol. The summed E-state index contributed by atoms with van der Waals surface area (Å²) in [5.74, 6) is 0. The van der Waals surface area contributed by atoms with Crippen molar-refractivity contribution in [2.75, 3.05) is 5.73 Å². The van der Waals surface area contributed by atoms with Crippen LogP contribution in [0.2, 0.25) is 5.02 Å². The first-order chi connectivity index (χ1) is 7.88. The van der Waals surface area contributed by atoms with Crippen LogP contribution < -0.4 is 5.73 Å². The molecule has 0 aliphatic rings. The molecule has 0 spiro atoms. The summed E-state index contributed by atoms with van der Waals surface area (Å²) in [4.78, 5) is 4.36. The van der Waals surface area contributed by atoms with Crippen LogP contribution in [0.25, 0.3) is 10.4 Å². The van der Waals surface area contributed by atoms with Crippen molar-refractivity contribution in [2.24, 2.45) is 0 Å². The van der Waals surface area contributed by atoms with Crippen molar-refractivity contribution in [1.29, 1.82) is 0 Å². The number of anilines is 1. The molecule has 1 aromatic heterocycles. The van der Waals surface area contributed by atoms with Crippen LogP contribution in [-0.4, -0.2) is 4.98 Å². The molecule has 2 aromatic rings. The number of alkyl halides is 3. The van der Waals surface area contributed by atoms with Gasteiger partial charge >= 0.3 is 6.18 Å². The fourth-order valence-electron chi connectivity index (χ4n) is 1.32. The summed E-state index contributed by atoms with van der Waals surface area (Å²) in [5.41, 5.74) is 4.97. The van der Waals surface area contributed by atoms with Gasteiger partial charge in [-0.25, -0.2) is 4.98 Å². The van der Waals surface area contributed by atoms with Crippen LogP contribution in [0, 0.1) is 0 Å². The molecule has 7 heteroatoms. The van der Waals surface area contributed by atoms with E-state index in [1.807, 2.05) is 0 Å². The second-order valence-electron chi connectivity index (χ2n) is 3.26. The summed E-state index contributed by atoms with van der Waals surface area (Å²) < 4.78 is 37.9. The lowest BCUT2D eigenvalue weighted by molar-refractivity contribution is -0.137. The van der Waals surface area contributed by atoms with E-state index in [0.29, 0.717) is 15.6 Å². The third-order valence-corrected chi connectivity index (χ3v) is 3.29. The molecule has 1 aromatic carbocycles. The minimum absolute atomic E-state index is 0.309. The standard InChI is InChI=1S/C10H6ClF3N2S/c11-7-2-1-5(3-6(7)10(12,13)14)8-4-16-9(15)17-8/h1-4H,(H2,15,16). The quantitative estimate of drug-likeness (QED) is 0.854. The molecular formula is C10H6ClF3N2S. The molecule has 0 radical (unpaired) electrons. The van der Waals surface area contributed by atoms with E-state index in [1.54, 1.807) is 0 Å². The Morgan fingerprint density at radius 2 is 2.00 bits per heavy atom. The van der Waals surface area contributed by atoms with E-state index in [4.69, 9.17) is 17.3 Å². The average molecular weight is 279 g/mol. The normalized spacial score (nSPS) is 11.8. The molecule has 0 aliphatic heterocycles. The highest BCUT2D eigenvalue weighted by Gasteiger charge is 2.33.